The maximum atomic E-state index is 12.1. The maximum Gasteiger partial charge on any atom is 0.257 e. The minimum Gasteiger partial charge on any atom is -0.352 e. The average molecular weight is 340 g/mol. The molecule has 1 aromatic heterocycles. The van der Waals surface area contributed by atoms with E-state index in [-0.39, 0.29) is 10.9 Å². The van der Waals surface area contributed by atoms with E-state index >= 15 is 0 Å². The zero-order chi connectivity index (χ0) is 16.9. The van der Waals surface area contributed by atoms with Crippen molar-refractivity contribution in [3.05, 3.63) is 23.9 Å². The highest BCUT2D eigenvalue weighted by Crippen LogP contribution is 2.17. The zero-order valence-corrected chi connectivity index (χ0v) is 14.4. The fourth-order valence-electron chi connectivity index (χ4n) is 2.78. The van der Waals surface area contributed by atoms with Crippen molar-refractivity contribution in [3.8, 4) is 0 Å². The minimum absolute atomic E-state index is 0.0956. The molecule has 7 nitrogen and oxygen atoms in total. The van der Waals surface area contributed by atoms with Gasteiger partial charge < -0.3 is 10.2 Å². The van der Waals surface area contributed by atoms with Gasteiger partial charge in [0, 0.05) is 19.3 Å². The minimum atomic E-state index is -3.57. The van der Waals surface area contributed by atoms with E-state index in [1.807, 2.05) is 0 Å². The van der Waals surface area contributed by atoms with E-state index in [2.05, 4.69) is 27.0 Å². The van der Waals surface area contributed by atoms with Crippen molar-refractivity contribution in [2.24, 2.45) is 5.92 Å². The summed E-state index contributed by atoms with van der Waals surface area (Å²) < 4.78 is 25.3. The molecular weight excluding hydrogens is 316 g/mol. The van der Waals surface area contributed by atoms with Crippen LogP contribution >= 0.6 is 0 Å². The van der Waals surface area contributed by atoms with E-state index < -0.39 is 10.0 Å². The Balaban J connectivity index is 1.84. The standard InChI is InChI=1S/C15H24N4O3S/c1-16-23(21,22)14-6-5-13(10-18-14)15(20)17-8-7-12-4-3-9-19(2)11-12/h5-6,10,12,16H,3-4,7-9,11H2,1-2H3,(H,17,20). The smallest absolute Gasteiger partial charge is 0.257 e. The van der Waals surface area contributed by atoms with Crippen LogP contribution in [-0.2, 0) is 10.0 Å². The van der Waals surface area contributed by atoms with Gasteiger partial charge in [0.1, 0.15) is 0 Å². The fraction of sp³-hybridized carbons (Fsp3) is 0.600. The van der Waals surface area contributed by atoms with Gasteiger partial charge in [0.2, 0.25) is 0 Å². The van der Waals surface area contributed by atoms with Crippen LogP contribution in [0.5, 0.6) is 0 Å². The molecule has 1 aliphatic rings. The molecule has 1 amide bonds. The van der Waals surface area contributed by atoms with Crippen LogP contribution in [0.4, 0.5) is 0 Å². The number of hydrogen-bond donors (Lipinski definition) is 2. The second-order valence-electron chi connectivity index (χ2n) is 5.91. The lowest BCUT2D eigenvalue weighted by atomic mass is 9.95. The quantitative estimate of drug-likeness (QED) is 0.785. The molecular formula is C15H24N4O3S. The van der Waals surface area contributed by atoms with Crippen molar-refractivity contribution < 1.29 is 13.2 Å². The molecule has 128 valence electrons. The highest BCUT2D eigenvalue weighted by Gasteiger charge is 2.17. The monoisotopic (exact) mass is 340 g/mol. The number of nitrogens with zero attached hydrogens (tertiary/aromatic N) is 2. The molecule has 0 radical (unpaired) electrons. The predicted molar refractivity (Wildman–Crippen MR) is 87.7 cm³/mol. The van der Waals surface area contributed by atoms with Gasteiger partial charge in [-0.3, -0.25) is 4.79 Å². The number of pyridine rings is 1. The van der Waals surface area contributed by atoms with Crippen molar-refractivity contribution in [1.82, 2.24) is 19.9 Å². The summed E-state index contributed by atoms with van der Waals surface area (Å²) in [6, 6.07) is 2.80. The summed E-state index contributed by atoms with van der Waals surface area (Å²) >= 11 is 0. The largest absolute Gasteiger partial charge is 0.352 e. The van der Waals surface area contributed by atoms with Crippen LogP contribution in [0.2, 0.25) is 0 Å². The number of nitrogens with one attached hydrogen (secondary N) is 2. The number of likely N-dealkylation sites (tertiary alicyclic amines) is 1. The Morgan fingerprint density at radius 1 is 1.43 bits per heavy atom. The van der Waals surface area contributed by atoms with Gasteiger partial charge in [-0.05, 0) is 58.0 Å². The van der Waals surface area contributed by atoms with E-state index in [1.165, 1.54) is 38.2 Å². The van der Waals surface area contributed by atoms with Crippen LogP contribution in [0.25, 0.3) is 0 Å². The van der Waals surface area contributed by atoms with Gasteiger partial charge in [-0.15, -0.1) is 0 Å². The molecule has 2 rings (SSSR count). The first-order valence-corrected chi connectivity index (χ1v) is 9.27. The number of carbonyl (C=O) groups is 1. The van der Waals surface area contributed by atoms with Crippen molar-refractivity contribution in [1.29, 1.82) is 0 Å². The van der Waals surface area contributed by atoms with Crippen LogP contribution in [0.15, 0.2) is 23.4 Å². The second-order valence-corrected chi connectivity index (χ2v) is 7.74. The van der Waals surface area contributed by atoms with Crippen LogP contribution < -0.4 is 10.0 Å². The normalized spacial score (nSPS) is 19.5. The van der Waals surface area contributed by atoms with Gasteiger partial charge in [-0.2, -0.15) is 0 Å². The highest BCUT2D eigenvalue weighted by molar-refractivity contribution is 7.89. The first kappa shape index (κ1) is 17.8. The predicted octanol–water partition coefficient (Wildman–Crippen LogP) is 0.451. The Kier molecular flexibility index (Phi) is 6.09. The molecule has 1 unspecified atom stereocenters. The molecule has 0 aliphatic carbocycles. The zero-order valence-electron chi connectivity index (χ0n) is 13.6. The third-order valence-electron chi connectivity index (χ3n) is 4.10. The molecule has 0 saturated carbocycles. The molecule has 1 aliphatic heterocycles. The molecule has 1 aromatic rings. The molecule has 0 aromatic carbocycles. The van der Waals surface area contributed by atoms with E-state index in [9.17, 15) is 13.2 Å². The summed E-state index contributed by atoms with van der Waals surface area (Å²) in [5.41, 5.74) is 0.362. The number of hydrogen-bond acceptors (Lipinski definition) is 5. The van der Waals surface area contributed by atoms with Gasteiger partial charge in [-0.25, -0.2) is 18.1 Å². The number of rotatable bonds is 6. The summed E-state index contributed by atoms with van der Waals surface area (Å²) in [6.45, 7) is 2.85. The van der Waals surface area contributed by atoms with Crippen LogP contribution in [0.1, 0.15) is 29.6 Å². The lowest BCUT2D eigenvalue weighted by Gasteiger charge is -2.29. The number of piperidine rings is 1. The summed E-state index contributed by atoms with van der Waals surface area (Å²) in [7, 11) is -0.133. The topological polar surface area (TPSA) is 91.4 Å². The van der Waals surface area contributed by atoms with Crippen molar-refractivity contribution in [2.45, 2.75) is 24.3 Å². The van der Waals surface area contributed by atoms with Crippen LogP contribution in [-0.4, -0.2) is 57.9 Å². The Labute approximate surface area is 137 Å². The van der Waals surface area contributed by atoms with E-state index in [0.717, 1.165) is 19.5 Å². The van der Waals surface area contributed by atoms with Gasteiger partial charge in [0.25, 0.3) is 15.9 Å². The third kappa shape index (κ3) is 4.98. The fourth-order valence-corrected chi connectivity index (χ4v) is 3.43. The van der Waals surface area contributed by atoms with Gasteiger partial charge in [0.05, 0.1) is 5.56 Å². The summed E-state index contributed by atoms with van der Waals surface area (Å²) in [5.74, 6) is 0.394. The lowest BCUT2D eigenvalue weighted by molar-refractivity contribution is 0.0948. The molecule has 1 atom stereocenters. The summed E-state index contributed by atoms with van der Waals surface area (Å²) in [5, 5.41) is 2.78. The molecule has 2 N–H and O–H groups in total. The molecule has 0 bridgehead atoms. The molecule has 1 saturated heterocycles. The average Bonchev–Trinajstić information content (AvgIpc) is 2.55. The summed E-state index contributed by atoms with van der Waals surface area (Å²) in [6.07, 6.45) is 4.66. The number of amides is 1. The van der Waals surface area contributed by atoms with Crippen LogP contribution in [0.3, 0.4) is 0 Å². The Morgan fingerprint density at radius 3 is 2.83 bits per heavy atom. The second kappa shape index (κ2) is 7.85. The van der Waals surface area contributed by atoms with Crippen molar-refractivity contribution in [3.63, 3.8) is 0 Å². The van der Waals surface area contributed by atoms with E-state index in [1.54, 1.807) is 0 Å². The van der Waals surface area contributed by atoms with Gasteiger partial charge >= 0.3 is 0 Å². The summed E-state index contributed by atoms with van der Waals surface area (Å²) in [4.78, 5) is 18.2. The number of aromatic nitrogens is 1. The first-order chi connectivity index (χ1) is 10.9. The first-order valence-electron chi connectivity index (χ1n) is 7.78. The highest BCUT2D eigenvalue weighted by atomic mass is 32.2. The van der Waals surface area contributed by atoms with Crippen molar-refractivity contribution >= 4 is 15.9 Å². The molecule has 1 fully saturated rings. The molecule has 8 heteroatoms. The number of carbonyl (C=O) groups excluding carboxylic acids is 1. The molecule has 2 heterocycles. The van der Waals surface area contributed by atoms with Crippen molar-refractivity contribution in [2.75, 3.05) is 33.7 Å². The lowest BCUT2D eigenvalue weighted by Crippen LogP contribution is -2.34. The Morgan fingerprint density at radius 2 is 2.22 bits per heavy atom. The van der Waals surface area contributed by atoms with Gasteiger partial charge in [-0.1, -0.05) is 0 Å². The Hall–Kier alpha value is -1.51. The van der Waals surface area contributed by atoms with Gasteiger partial charge in [0.15, 0.2) is 5.03 Å². The third-order valence-corrected chi connectivity index (χ3v) is 5.43. The SMILES string of the molecule is CNS(=O)(=O)c1ccc(C(=O)NCCC2CCCN(C)C2)cn1. The number of sulfonamides is 1. The Bertz CT molecular complexity index is 631. The molecule has 23 heavy (non-hydrogen) atoms. The van der Waals surface area contributed by atoms with Crippen LogP contribution in [0, 0.1) is 5.92 Å². The maximum absolute atomic E-state index is 12.1. The van der Waals surface area contributed by atoms with E-state index in [0.29, 0.717) is 18.0 Å². The van der Waals surface area contributed by atoms with E-state index in [4.69, 9.17) is 0 Å². The molecule has 0 spiro atoms.